The second-order valence-corrected chi connectivity index (χ2v) is 4.40. The fourth-order valence-corrected chi connectivity index (χ4v) is 1.95. The zero-order chi connectivity index (χ0) is 12.3. The summed E-state index contributed by atoms with van der Waals surface area (Å²) >= 11 is 0. The van der Waals surface area contributed by atoms with E-state index in [9.17, 15) is 4.79 Å². The lowest BCUT2D eigenvalue weighted by Crippen LogP contribution is -2.50. The van der Waals surface area contributed by atoms with Crippen LogP contribution in [0.15, 0.2) is 18.2 Å². The lowest BCUT2D eigenvalue weighted by molar-refractivity contribution is -0.124. The van der Waals surface area contributed by atoms with Gasteiger partial charge in [-0.15, -0.1) is 0 Å². The van der Waals surface area contributed by atoms with E-state index in [1.807, 2.05) is 39.8 Å². The third kappa shape index (κ3) is 2.42. The molecule has 0 fully saturated rings. The Morgan fingerprint density at radius 1 is 1.31 bits per heavy atom. The molecule has 16 heavy (non-hydrogen) atoms. The molecule has 0 heterocycles. The maximum atomic E-state index is 11.6. The largest absolute Gasteiger partial charge is 0.368 e. The van der Waals surface area contributed by atoms with E-state index in [0.717, 1.165) is 16.7 Å². The first-order valence-electron chi connectivity index (χ1n) is 5.54. The van der Waals surface area contributed by atoms with Gasteiger partial charge in [0.05, 0.1) is 0 Å². The number of rotatable bonds is 4. The van der Waals surface area contributed by atoms with Crippen molar-refractivity contribution in [3.05, 3.63) is 34.9 Å². The van der Waals surface area contributed by atoms with Crippen LogP contribution in [-0.2, 0) is 10.3 Å². The van der Waals surface area contributed by atoms with Crippen LogP contribution in [0.4, 0.5) is 0 Å². The molecule has 0 bridgehead atoms. The number of nitrogens with one attached hydrogen (secondary N) is 1. The van der Waals surface area contributed by atoms with Crippen LogP contribution >= 0.6 is 0 Å². The number of aryl methyl sites for hydroxylation is 2. The molecule has 1 amide bonds. The van der Waals surface area contributed by atoms with Crippen LogP contribution in [0.1, 0.15) is 30.5 Å². The first-order chi connectivity index (χ1) is 7.40. The molecule has 0 spiro atoms. The Kier molecular flexibility index (Phi) is 3.70. The van der Waals surface area contributed by atoms with Crippen LogP contribution in [0.2, 0.25) is 0 Å². The van der Waals surface area contributed by atoms with Gasteiger partial charge in [0.2, 0.25) is 5.91 Å². The maximum absolute atomic E-state index is 11.6. The smallest absolute Gasteiger partial charge is 0.242 e. The number of primary amides is 1. The molecule has 0 aliphatic heterocycles. The predicted octanol–water partition coefficient (Wildman–Crippen LogP) is 1.61. The molecule has 0 saturated carbocycles. The van der Waals surface area contributed by atoms with Crippen molar-refractivity contribution in [1.29, 1.82) is 0 Å². The van der Waals surface area contributed by atoms with Crippen molar-refractivity contribution in [3.8, 4) is 0 Å². The summed E-state index contributed by atoms with van der Waals surface area (Å²) in [5, 5.41) is 3.15. The van der Waals surface area contributed by atoms with Gasteiger partial charge < -0.3 is 11.1 Å². The van der Waals surface area contributed by atoms with E-state index in [1.54, 1.807) is 0 Å². The standard InChI is InChI=1S/C13H20N2O/c1-5-15-13(4,12(14)16)11-7-9(2)6-10(3)8-11/h6-8,15H,5H2,1-4H3,(H2,14,16). The Morgan fingerprint density at radius 2 is 1.81 bits per heavy atom. The molecule has 0 saturated heterocycles. The lowest BCUT2D eigenvalue weighted by Gasteiger charge is -2.28. The summed E-state index contributed by atoms with van der Waals surface area (Å²) in [6.45, 7) is 8.52. The minimum absolute atomic E-state index is 0.348. The molecule has 3 nitrogen and oxygen atoms in total. The molecule has 1 atom stereocenters. The number of likely N-dealkylation sites (N-methyl/N-ethyl adjacent to an activating group) is 1. The summed E-state index contributed by atoms with van der Waals surface area (Å²) in [5.41, 5.74) is 7.91. The van der Waals surface area contributed by atoms with Gasteiger partial charge in [0.1, 0.15) is 5.54 Å². The summed E-state index contributed by atoms with van der Waals surface area (Å²) in [6.07, 6.45) is 0. The third-order valence-corrected chi connectivity index (χ3v) is 2.82. The average Bonchev–Trinajstić information content (AvgIpc) is 2.16. The first kappa shape index (κ1) is 12.7. The van der Waals surface area contributed by atoms with Crippen LogP contribution in [-0.4, -0.2) is 12.5 Å². The summed E-state index contributed by atoms with van der Waals surface area (Å²) in [6, 6.07) is 6.08. The van der Waals surface area contributed by atoms with Crippen molar-refractivity contribution in [3.63, 3.8) is 0 Å². The molecule has 0 aliphatic carbocycles. The number of hydrogen-bond donors (Lipinski definition) is 2. The highest BCUT2D eigenvalue weighted by atomic mass is 16.1. The van der Waals surface area contributed by atoms with Crippen LogP contribution in [0, 0.1) is 13.8 Å². The Balaban J connectivity index is 3.25. The van der Waals surface area contributed by atoms with Crippen LogP contribution in [0.25, 0.3) is 0 Å². The number of carbonyl (C=O) groups excluding carboxylic acids is 1. The molecule has 0 aromatic heterocycles. The van der Waals surface area contributed by atoms with Gasteiger partial charge in [-0.2, -0.15) is 0 Å². The van der Waals surface area contributed by atoms with E-state index in [4.69, 9.17) is 5.73 Å². The number of nitrogens with two attached hydrogens (primary N) is 1. The molecule has 1 unspecified atom stereocenters. The highest BCUT2D eigenvalue weighted by Gasteiger charge is 2.32. The molecule has 1 aromatic rings. The zero-order valence-corrected chi connectivity index (χ0v) is 10.4. The SMILES string of the molecule is CCNC(C)(C(N)=O)c1cc(C)cc(C)c1. The lowest BCUT2D eigenvalue weighted by atomic mass is 9.89. The van der Waals surface area contributed by atoms with Crippen molar-refractivity contribution in [1.82, 2.24) is 5.32 Å². The van der Waals surface area contributed by atoms with Crippen LogP contribution in [0.5, 0.6) is 0 Å². The number of benzene rings is 1. The second-order valence-electron chi connectivity index (χ2n) is 4.40. The number of carbonyl (C=O) groups is 1. The fraction of sp³-hybridized carbons (Fsp3) is 0.462. The Morgan fingerprint density at radius 3 is 2.19 bits per heavy atom. The normalized spacial score (nSPS) is 14.5. The molecule has 88 valence electrons. The molecular weight excluding hydrogens is 200 g/mol. The fourth-order valence-electron chi connectivity index (χ4n) is 1.95. The van der Waals surface area contributed by atoms with Crippen molar-refractivity contribution in [2.45, 2.75) is 33.2 Å². The molecule has 3 heteroatoms. The van der Waals surface area contributed by atoms with Crippen LogP contribution in [0.3, 0.4) is 0 Å². The molecule has 1 rings (SSSR count). The van der Waals surface area contributed by atoms with Gasteiger partial charge in [0.25, 0.3) is 0 Å². The third-order valence-electron chi connectivity index (χ3n) is 2.82. The van der Waals surface area contributed by atoms with E-state index in [1.165, 1.54) is 0 Å². The van der Waals surface area contributed by atoms with E-state index < -0.39 is 5.54 Å². The quantitative estimate of drug-likeness (QED) is 0.810. The zero-order valence-electron chi connectivity index (χ0n) is 10.4. The van der Waals surface area contributed by atoms with Crippen molar-refractivity contribution in [2.24, 2.45) is 5.73 Å². The van der Waals surface area contributed by atoms with Crippen LogP contribution < -0.4 is 11.1 Å². The van der Waals surface area contributed by atoms with E-state index in [2.05, 4.69) is 11.4 Å². The second kappa shape index (κ2) is 4.66. The number of hydrogen-bond acceptors (Lipinski definition) is 2. The highest BCUT2D eigenvalue weighted by molar-refractivity contribution is 5.85. The van der Waals surface area contributed by atoms with E-state index in [0.29, 0.717) is 6.54 Å². The molecule has 3 N–H and O–H groups in total. The van der Waals surface area contributed by atoms with Crippen molar-refractivity contribution in [2.75, 3.05) is 6.54 Å². The predicted molar refractivity (Wildman–Crippen MR) is 66.1 cm³/mol. The minimum Gasteiger partial charge on any atom is -0.368 e. The van der Waals surface area contributed by atoms with E-state index >= 15 is 0 Å². The topological polar surface area (TPSA) is 55.1 Å². The summed E-state index contributed by atoms with van der Waals surface area (Å²) < 4.78 is 0. The molecular formula is C13H20N2O. The summed E-state index contributed by atoms with van der Waals surface area (Å²) in [4.78, 5) is 11.6. The van der Waals surface area contributed by atoms with E-state index in [-0.39, 0.29) is 5.91 Å². The van der Waals surface area contributed by atoms with Gasteiger partial charge in [0, 0.05) is 0 Å². The Bertz CT molecular complexity index is 381. The van der Waals surface area contributed by atoms with Gasteiger partial charge in [-0.05, 0) is 32.9 Å². The van der Waals surface area contributed by atoms with Crippen molar-refractivity contribution < 1.29 is 4.79 Å². The molecule has 0 aliphatic rings. The molecule has 1 aromatic carbocycles. The monoisotopic (exact) mass is 220 g/mol. The molecule has 0 radical (unpaired) electrons. The highest BCUT2D eigenvalue weighted by Crippen LogP contribution is 2.22. The van der Waals surface area contributed by atoms with Gasteiger partial charge >= 0.3 is 0 Å². The van der Waals surface area contributed by atoms with Gasteiger partial charge in [-0.25, -0.2) is 0 Å². The van der Waals surface area contributed by atoms with Gasteiger partial charge in [0.15, 0.2) is 0 Å². The average molecular weight is 220 g/mol. The number of amides is 1. The summed E-state index contributed by atoms with van der Waals surface area (Å²) in [5.74, 6) is -0.348. The van der Waals surface area contributed by atoms with Crippen molar-refractivity contribution >= 4 is 5.91 Å². The summed E-state index contributed by atoms with van der Waals surface area (Å²) in [7, 11) is 0. The van der Waals surface area contributed by atoms with Gasteiger partial charge in [-0.3, -0.25) is 4.79 Å². The Labute approximate surface area is 97.0 Å². The Hall–Kier alpha value is -1.35. The first-order valence-corrected chi connectivity index (χ1v) is 5.54. The minimum atomic E-state index is -0.786. The maximum Gasteiger partial charge on any atom is 0.242 e. The van der Waals surface area contributed by atoms with Gasteiger partial charge in [-0.1, -0.05) is 36.2 Å².